The number of allylic oxidation sites excluding steroid dienone is 1. The lowest BCUT2D eigenvalue weighted by atomic mass is 9.96. The number of hydrogen-bond donors (Lipinski definition) is 1. The van der Waals surface area contributed by atoms with Crippen molar-refractivity contribution in [3.05, 3.63) is 12.2 Å². The average molecular weight is 213 g/mol. The van der Waals surface area contributed by atoms with Crippen LogP contribution in [0.2, 0.25) is 0 Å². The van der Waals surface area contributed by atoms with Crippen molar-refractivity contribution in [3.8, 4) is 0 Å². The molecule has 2 unspecified atom stereocenters. The van der Waals surface area contributed by atoms with E-state index in [1.165, 1.54) is 14.0 Å². The maximum Gasteiger partial charge on any atom is 0.328 e. The molecular weight excluding hydrogens is 194 g/mol. The third kappa shape index (κ3) is 5.20. The number of amides is 1. The Bertz CT molecular complexity index is 261. The molecule has 0 saturated heterocycles. The van der Waals surface area contributed by atoms with Crippen molar-refractivity contribution in [2.45, 2.75) is 33.2 Å². The maximum atomic E-state index is 11.3. The summed E-state index contributed by atoms with van der Waals surface area (Å²) in [5.74, 6) is -0.487. The molecule has 1 N–H and O–H groups in total. The van der Waals surface area contributed by atoms with Gasteiger partial charge in [0.05, 0.1) is 7.11 Å². The summed E-state index contributed by atoms with van der Waals surface area (Å²) in [4.78, 5) is 22.2. The van der Waals surface area contributed by atoms with Crippen LogP contribution in [-0.2, 0) is 14.3 Å². The molecular formula is C11H19NO3. The van der Waals surface area contributed by atoms with Gasteiger partial charge in [0.25, 0.3) is 0 Å². The van der Waals surface area contributed by atoms with Gasteiger partial charge in [0.2, 0.25) is 5.91 Å². The Morgan fingerprint density at radius 2 is 1.93 bits per heavy atom. The molecule has 4 nitrogen and oxygen atoms in total. The predicted octanol–water partition coefficient (Wildman–Crippen LogP) is 1.27. The van der Waals surface area contributed by atoms with Gasteiger partial charge in [-0.05, 0) is 19.3 Å². The number of rotatable bonds is 5. The number of esters is 1. The molecule has 86 valence electrons. The highest BCUT2D eigenvalue weighted by molar-refractivity contribution is 5.83. The number of ether oxygens (including phenoxy) is 1. The normalized spacial score (nSPS) is 13.9. The lowest BCUT2D eigenvalue weighted by molar-refractivity contribution is -0.145. The Hall–Kier alpha value is -1.32. The van der Waals surface area contributed by atoms with E-state index in [-0.39, 0.29) is 11.8 Å². The number of nitrogens with one attached hydrogen (secondary N) is 1. The van der Waals surface area contributed by atoms with E-state index in [2.05, 4.69) is 16.6 Å². The molecule has 0 aliphatic heterocycles. The topological polar surface area (TPSA) is 55.4 Å². The predicted molar refractivity (Wildman–Crippen MR) is 58.2 cm³/mol. The van der Waals surface area contributed by atoms with Gasteiger partial charge in [-0.3, -0.25) is 4.79 Å². The number of carbonyl (C=O) groups is 2. The van der Waals surface area contributed by atoms with Gasteiger partial charge in [-0.25, -0.2) is 4.79 Å². The largest absolute Gasteiger partial charge is 0.467 e. The SMILES string of the molecule is C=C(C)C(C)CC(NC(C)=O)C(=O)OC. The van der Waals surface area contributed by atoms with Gasteiger partial charge in [0.1, 0.15) is 6.04 Å². The Morgan fingerprint density at radius 3 is 2.27 bits per heavy atom. The minimum atomic E-state index is -0.584. The van der Waals surface area contributed by atoms with Crippen LogP contribution >= 0.6 is 0 Å². The van der Waals surface area contributed by atoms with Gasteiger partial charge in [-0.2, -0.15) is 0 Å². The summed E-state index contributed by atoms with van der Waals surface area (Å²) in [5, 5.41) is 2.56. The number of methoxy groups -OCH3 is 1. The molecule has 0 fully saturated rings. The zero-order valence-corrected chi connectivity index (χ0v) is 9.79. The van der Waals surface area contributed by atoms with Crippen molar-refractivity contribution >= 4 is 11.9 Å². The van der Waals surface area contributed by atoms with Crippen molar-refractivity contribution in [2.24, 2.45) is 5.92 Å². The van der Waals surface area contributed by atoms with Crippen molar-refractivity contribution in [1.82, 2.24) is 5.32 Å². The van der Waals surface area contributed by atoms with Crippen LogP contribution in [0.3, 0.4) is 0 Å². The van der Waals surface area contributed by atoms with Gasteiger partial charge in [0.15, 0.2) is 0 Å². The smallest absolute Gasteiger partial charge is 0.328 e. The van der Waals surface area contributed by atoms with E-state index in [9.17, 15) is 9.59 Å². The van der Waals surface area contributed by atoms with E-state index in [1.54, 1.807) is 0 Å². The minimum absolute atomic E-state index is 0.168. The van der Waals surface area contributed by atoms with E-state index in [1.807, 2.05) is 13.8 Å². The fourth-order valence-electron chi connectivity index (χ4n) is 1.16. The summed E-state index contributed by atoms with van der Waals surface area (Å²) < 4.78 is 4.61. The Morgan fingerprint density at radius 1 is 1.40 bits per heavy atom. The number of hydrogen-bond acceptors (Lipinski definition) is 3. The molecule has 1 amide bonds. The monoisotopic (exact) mass is 213 g/mol. The third-order valence-corrected chi connectivity index (χ3v) is 2.29. The van der Waals surface area contributed by atoms with Crippen LogP contribution in [0.5, 0.6) is 0 Å². The molecule has 15 heavy (non-hydrogen) atoms. The molecule has 0 heterocycles. The minimum Gasteiger partial charge on any atom is -0.467 e. The molecule has 0 aromatic heterocycles. The first-order valence-corrected chi connectivity index (χ1v) is 4.88. The van der Waals surface area contributed by atoms with Gasteiger partial charge in [-0.15, -0.1) is 0 Å². The van der Waals surface area contributed by atoms with Crippen molar-refractivity contribution in [3.63, 3.8) is 0 Å². The Labute approximate surface area is 90.7 Å². The average Bonchev–Trinajstić information content (AvgIpc) is 2.14. The second-order valence-corrected chi connectivity index (χ2v) is 3.76. The first kappa shape index (κ1) is 13.7. The molecule has 0 radical (unpaired) electrons. The van der Waals surface area contributed by atoms with Gasteiger partial charge < -0.3 is 10.1 Å². The summed E-state index contributed by atoms with van der Waals surface area (Å²) in [7, 11) is 1.31. The van der Waals surface area contributed by atoms with Crippen molar-refractivity contribution < 1.29 is 14.3 Å². The van der Waals surface area contributed by atoms with E-state index in [0.717, 1.165) is 5.57 Å². The zero-order valence-electron chi connectivity index (χ0n) is 9.79. The highest BCUT2D eigenvalue weighted by Gasteiger charge is 2.22. The molecule has 0 aromatic rings. The van der Waals surface area contributed by atoms with Crippen LogP contribution in [0.1, 0.15) is 27.2 Å². The second-order valence-electron chi connectivity index (χ2n) is 3.76. The van der Waals surface area contributed by atoms with Crippen LogP contribution < -0.4 is 5.32 Å². The molecule has 0 aromatic carbocycles. The molecule has 0 aliphatic rings. The van der Waals surface area contributed by atoms with Gasteiger partial charge in [-0.1, -0.05) is 19.1 Å². The van der Waals surface area contributed by atoms with E-state index in [0.29, 0.717) is 6.42 Å². The lowest BCUT2D eigenvalue weighted by Crippen LogP contribution is -2.41. The number of carbonyl (C=O) groups excluding carboxylic acids is 2. The molecule has 0 saturated carbocycles. The highest BCUT2D eigenvalue weighted by atomic mass is 16.5. The van der Waals surface area contributed by atoms with Crippen LogP contribution in [0.15, 0.2) is 12.2 Å². The molecule has 2 atom stereocenters. The van der Waals surface area contributed by atoms with Gasteiger partial charge in [0, 0.05) is 6.92 Å². The maximum absolute atomic E-state index is 11.3. The van der Waals surface area contributed by atoms with Crippen molar-refractivity contribution in [1.29, 1.82) is 0 Å². The summed E-state index contributed by atoms with van der Waals surface area (Å²) in [6.07, 6.45) is 0.515. The fraction of sp³-hybridized carbons (Fsp3) is 0.636. The van der Waals surface area contributed by atoms with Crippen molar-refractivity contribution in [2.75, 3.05) is 7.11 Å². The fourth-order valence-corrected chi connectivity index (χ4v) is 1.16. The van der Waals surface area contributed by atoms with E-state index >= 15 is 0 Å². The zero-order chi connectivity index (χ0) is 12.0. The standard InChI is InChI=1S/C11H19NO3/c1-7(2)8(3)6-10(11(14)15-5)12-9(4)13/h8,10H,1,6H2,2-5H3,(H,12,13). The molecule has 0 spiro atoms. The second kappa shape index (κ2) is 6.22. The van der Waals surface area contributed by atoms with Crippen LogP contribution in [0.25, 0.3) is 0 Å². The first-order valence-electron chi connectivity index (χ1n) is 4.88. The van der Waals surface area contributed by atoms with E-state index < -0.39 is 12.0 Å². The first-order chi connectivity index (χ1) is 6.88. The van der Waals surface area contributed by atoms with Gasteiger partial charge >= 0.3 is 5.97 Å². The summed E-state index contributed by atoms with van der Waals surface area (Å²) in [6, 6.07) is -0.584. The van der Waals surface area contributed by atoms with Crippen LogP contribution in [0.4, 0.5) is 0 Å². The van der Waals surface area contributed by atoms with Crippen LogP contribution in [0, 0.1) is 5.92 Å². The Balaban J connectivity index is 4.43. The highest BCUT2D eigenvalue weighted by Crippen LogP contribution is 2.14. The van der Waals surface area contributed by atoms with Crippen LogP contribution in [-0.4, -0.2) is 25.0 Å². The third-order valence-electron chi connectivity index (χ3n) is 2.29. The summed E-state index contributed by atoms with van der Waals surface area (Å²) in [6.45, 7) is 9.04. The molecule has 0 bridgehead atoms. The lowest BCUT2D eigenvalue weighted by Gasteiger charge is -2.19. The molecule has 0 aliphatic carbocycles. The molecule has 4 heteroatoms. The van der Waals surface area contributed by atoms with E-state index in [4.69, 9.17) is 0 Å². The summed E-state index contributed by atoms with van der Waals surface area (Å²) in [5.41, 5.74) is 0.981. The molecule has 0 rings (SSSR count). The summed E-state index contributed by atoms with van der Waals surface area (Å²) >= 11 is 0. The quantitative estimate of drug-likeness (QED) is 0.552. The Kier molecular flexibility index (Phi) is 5.67.